The number of benzene rings is 2. The van der Waals surface area contributed by atoms with Crippen molar-refractivity contribution < 1.29 is 22.5 Å². The molecule has 0 aromatic heterocycles. The van der Waals surface area contributed by atoms with Gasteiger partial charge in [-0.25, -0.2) is 4.99 Å². The molecule has 2 aromatic carbocycles. The molecule has 2 aromatic rings. The summed E-state index contributed by atoms with van der Waals surface area (Å²) in [7, 11) is -0.303. The summed E-state index contributed by atoms with van der Waals surface area (Å²) in [5, 5.41) is 0.325. The summed E-state index contributed by atoms with van der Waals surface area (Å²) in [5.74, 6) is 0.305. The topological polar surface area (TPSA) is 164 Å². The molecular formula is C23H31ClN6O5S. The minimum absolute atomic E-state index is 0.118. The first-order valence-electron chi connectivity index (χ1n) is 10.8. The van der Waals surface area contributed by atoms with E-state index >= 15 is 0 Å². The zero-order valence-corrected chi connectivity index (χ0v) is 22.3. The van der Waals surface area contributed by atoms with Gasteiger partial charge in [-0.05, 0) is 39.0 Å². The molecule has 1 unspecified atom stereocenters. The van der Waals surface area contributed by atoms with Crippen LogP contribution in [0, 0.1) is 0 Å². The van der Waals surface area contributed by atoms with Crippen LogP contribution in [-0.4, -0.2) is 61.2 Å². The van der Waals surface area contributed by atoms with Crippen LogP contribution in [0.4, 0.5) is 5.69 Å². The van der Waals surface area contributed by atoms with E-state index in [0.29, 0.717) is 16.5 Å². The lowest BCUT2D eigenvalue weighted by Gasteiger charge is -2.38. The maximum absolute atomic E-state index is 12.7. The number of hydrogen-bond donors (Lipinski definition) is 3. The molecule has 1 heterocycles. The number of anilines is 1. The first-order chi connectivity index (χ1) is 16.7. The highest BCUT2D eigenvalue weighted by molar-refractivity contribution is 7.85. The van der Waals surface area contributed by atoms with Crippen LogP contribution >= 0.6 is 11.6 Å². The molecule has 13 heteroatoms. The molecule has 196 valence electrons. The second kappa shape index (κ2) is 11.6. The Hall–Kier alpha value is -3.35. The summed E-state index contributed by atoms with van der Waals surface area (Å²) in [6.07, 6.45) is -0.827. The quantitative estimate of drug-likeness (QED) is 0.472. The summed E-state index contributed by atoms with van der Waals surface area (Å²) in [6.45, 7) is 5.09. The molecule has 5 N–H and O–H groups in total. The average Bonchev–Trinajstić information content (AvgIpc) is 2.77. The minimum atomic E-state index is -3.66. The van der Waals surface area contributed by atoms with Crippen molar-refractivity contribution in [3.05, 3.63) is 59.1 Å². The minimum Gasteiger partial charge on any atom is -0.474 e. The van der Waals surface area contributed by atoms with Crippen LogP contribution in [0.3, 0.4) is 0 Å². The van der Waals surface area contributed by atoms with Gasteiger partial charge in [-0.1, -0.05) is 41.9 Å². The van der Waals surface area contributed by atoms with Crippen molar-refractivity contribution >= 4 is 45.2 Å². The highest BCUT2D eigenvalue weighted by Gasteiger charge is 2.33. The Morgan fingerprint density at radius 2 is 1.78 bits per heavy atom. The molecular weight excluding hydrogens is 508 g/mol. The van der Waals surface area contributed by atoms with Crippen LogP contribution in [0.5, 0.6) is 5.75 Å². The highest BCUT2D eigenvalue weighted by Crippen LogP contribution is 2.36. The molecule has 0 saturated carbocycles. The third kappa shape index (κ3) is 7.57. The van der Waals surface area contributed by atoms with Gasteiger partial charge >= 0.3 is 0 Å². The summed E-state index contributed by atoms with van der Waals surface area (Å²) in [4.78, 5) is 24.3. The van der Waals surface area contributed by atoms with E-state index in [4.69, 9.17) is 32.4 Å². The van der Waals surface area contributed by atoms with Crippen molar-refractivity contribution in [1.29, 1.82) is 0 Å². The third-order valence-electron chi connectivity index (χ3n) is 4.94. The Labute approximate surface area is 216 Å². The van der Waals surface area contributed by atoms with Crippen LogP contribution in [0.1, 0.15) is 32.4 Å². The fourth-order valence-electron chi connectivity index (χ4n) is 3.23. The molecule has 36 heavy (non-hydrogen) atoms. The Kier molecular flexibility index (Phi) is 9.30. The zero-order valence-electron chi connectivity index (χ0n) is 20.7. The molecule has 0 aliphatic carbocycles. The normalized spacial score (nSPS) is 15.6. The Balaban J connectivity index is 0.000000678. The van der Waals surface area contributed by atoms with Gasteiger partial charge in [0, 0.05) is 25.3 Å². The number of hydrogen-bond acceptors (Lipinski definition) is 9. The molecule has 1 amide bonds. The van der Waals surface area contributed by atoms with Crippen molar-refractivity contribution in [1.82, 2.24) is 4.90 Å². The number of nitrogens with zero attached hydrogens (tertiary/aromatic N) is 4. The molecule has 1 aliphatic rings. The lowest BCUT2D eigenvalue weighted by molar-refractivity contribution is -0.136. The standard InChI is InChI=1S/C21H25ClN6O2.C2H6O3S/c1-21(2)26-19(23)25-20(24)28(21)14-10-11-16(15(22)12-14)30-17(18(29)27(3)4)13-8-6-5-7-9-13;1-2-6(3,4)5/h5-12,17H,1-4H3,(H4,23,24,25,26);2H2,1H3,(H,3,4,5). The number of aliphatic imine (C=N–C) groups is 2. The van der Waals surface area contributed by atoms with E-state index in [0.717, 1.165) is 5.56 Å². The SMILES string of the molecule is CCS(=O)(=O)O.CN(C)C(=O)C(Oc1ccc(N2C(N)=NC(N)=NC2(C)C)cc1Cl)c1ccccc1. The molecule has 0 spiro atoms. The lowest BCUT2D eigenvalue weighted by Crippen LogP contribution is -2.54. The van der Waals surface area contributed by atoms with E-state index in [1.807, 2.05) is 44.2 Å². The van der Waals surface area contributed by atoms with Gasteiger partial charge in [0.25, 0.3) is 16.0 Å². The average molecular weight is 539 g/mol. The van der Waals surface area contributed by atoms with Crippen LogP contribution in [0.25, 0.3) is 0 Å². The van der Waals surface area contributed by atoms with E-state index < -0.39 is 21.9 Å². The van der Waals surface area contributed by atoms with Gasteiger partial charge in [-0.15, -0.1) is 0 Å². The van der Waals surface area contributed by atoms with Gasteiger partial charge in [-0.2, -0.15) is 13.4 Å². The number of amides is 1. The number of guanidine groups is 2. The maximum Gasteiger partial charge on any atom is 0.267 e. The molecule has 0 fully saturated rings. The largest absolute Gasteiger partial charge is 0.474 e. The van der Waals surface area contributed by atoms with Crippen LogP contribution in [0.15, 0.2) is 58.5 Å². The summed E-state index contributed by atoms with van der Waals surface area (Å²) >= 11 is 6.52. The third-order valence-corrected chi connectivity index (χ3v) is 5.97. The number of carbonyl (C=O) groups excluding carboxylic acids is 1. The predicted molar refractivity (Wildman–Crippen MR) is 142 cm³/mol. The molecule has 3 rings (SSSR count). The first-order valence-corrected chi connectivity index (χ1v) is 12.8. The number of rotatable bonds is 6. The number of ether oxygens (including phenoxy) is 1. The van der Waals surface area contributed by atoms with Crippen molar-refractivity contribution in [2.75, 3.05) is 24.7 Å². The second-order valence-corrected chi connectivity index (χ2v) is 10.5. The molecule has 1 atom stereocenters. The highest BCUT2D eigenvalue weighted by atomic mass is 35.5. The van der Waals surface area contributed by atoms with Gasteiger partial charge in [0.2, 0.25) is 18.0 Å². The summed E-state index contributed by atoms with van der Waals surface area (Å²) < 4.78 is 33.0. The number of halogens is 1. The van der Waals surface area contributed by atoms with Crippen LogP contribution < -0.4 is 21.1 Å². The molecule has 11 nitrogen and oxygen atoms in total. The first kappa shape index (κ1) is 28.9. The Morgan fingerprint density at radius 1 is 1.19 bits per heavy atom. The van der Waals surface area contributed by atoms with Gasteiger partial charge in [0.05, 0.1) is 10.8 Å². The second-order valence-electron chi connectivity index (χ2n) is 8.40. The van der Waals surface area contributed by atoms with Crippen molar-refractivity contribution in [3.8, 4) is 5.75 Å². The van der Waals surface area contributed by atoms with Crippen molar-refractivity contribution in [3.63, 3.8) is 0 Å². The number of likely N-dealkylation sites (N-methyl/N-ethyl adjacent to an activating group) is 1. The molecule has 1 aliphatic heterocycles. The van der Waals surface area contributed by atoms with Crippen LogP contribution in [-0.2, 0) is 14.9 Å². The maximum atomic E-state index is 12.7. The predicted octanol–water partition coefficient (Wildman–Crippen LogP) is 2.63. The Morgan fingerprint density at radius 3 is 2.25 bits per heavy atom. The molecule has 0 radical (unpaired) electrons. The van der Waals surface area contributed by atoms with Crippen molar-refractivity contribution in [2.45, 2.75) is 32.5 Å². The fourth-order valence-corrected chi connectivity index (χ4v) is 3.45. The van der Waals surface area contributed by atoms with Crippen molar-refractivity contribution in [2.24, 2.45) is 21.5 Å². The van der Waals surface area contributed by atoms with E-state index in [2.05, 4.69) is 9.98 Å². The molecule has 0 bridgehead atoms. The van der Waals surface area contributed by atoms with E-state index in [-0.39, 0.29) is 23.6 Å². The molecule has 0 saturated heterocycles. The van der Waals surface area contributed by atoms with E-state index in [9.17, 15) is 13.2 Å². The Bertz CT molecular complexity index is 1250. The number of nitrogens with two attached hydrogens (primary N) is 2. The van der Waals surface area contributed by atoms with Crippen LogP contribution in [0.2, 0.25) is 5.02 Å². The summed E-state index contributed by atoms with van der Waals surface area (Å²) in [6, 6.07) is 14.4. The zero-order chi connectivity index (χ0) is 27.3. The van der Waals surface area contributed by atoms with Gasteiger partial charge in [-0.3, -0.25) is 14.2 Å². The fraction of sp³-hybridized carbons (Fsp3) is 0.348. The van der Waals surface area contributed by atoms with Gasteiger partial charge < -0.3 is 21.1 Å². The smallest absolute Gasteiger partial charge is 0.267 e. The van der Waals surface area contributed by atoms with Gasteiger partial charge in [0.15, 0.2) is 0 Å². The van der Waals surface area contributed by atoms with E-state index in [1.165, 1.54) is 11.8 Å². The number of carbonyl (C=O) groups is 1. The van der Waals surface area contributed by atoms with E-state index in [1.54, 1.807) is 37.2 Å². The monoisotopic (exact) mass is 538 g/mol. The summed E-state index contributed by atoms with van der Waals surface area (Å²) in [5.41, 5.74) is 12.5. The van der Waals surface area contributed by atoms with Gasteiger partial charge in [0.1, 0.15) is 11.4 Å². The lowest BCUT2D eigenvalue weighted by atomic mass is 10.1.